The topological polar surface area (TPSA) is 76.0 Å². The minimum atomic E-state index is -3.44. The number of hydrogen-bond acceptors (Lipinski definition) is 4. The van der Waals surface area contributed by atoms with Gasteiger partial charge in [-0.25, -0.2) is 13.1 Å². The van der Waals surface area contributed by atoms with Gasteiger partial charge in [0.2, 0.25) is 10.0 Å². The summed E-state index contributed by atoms with van der Waals surface area (Å²) in [6.07, 6.45) is 6.36. The molecule has 0 saturated heterocycles. The SMILES string of the molecule is O=S(=O)(CCCF)NCCn1cc2c(n1)C(C1(c3ccc(Cl)cc3)CCC1)NCC2. The molecule has 1 saturated carbocycles. The van der Waals surface area contributed by atoms with E-state index in [0.29, 0.717) is 6.54 Å². The Bertz CT molecular complexity index is 973. The highest BCUT2D eigenvalue weighted by Gasteiger charge is 2.48. The van der Waals surface area contributed by atoms with Crippen LogP contribution in [0.15, 0.2) is 30.5 Å². The largest absolute Gasteiger partial charge is 0.307 e. The Labute approximate surface area is 182 Å². The van der Waals surface area contributed by atoms with Crippen molar-refractivity contribution in [2.45, 2.75) is 50.1 Å². The smallest absolute Gasteiger partial charge is 0.211 e. The van der Waals surface area contributed by atoms with E-state index in [-0.39, 0.29) is 30.2 Å². The number of fused-ring (bicyclic) bond motifs is 1. The number of sulfonamides is 1. The Hall–Kier alpha value is -1.48. The van der Waals surface area contributed by atoms with Crippen molar-refractivity contribution in [3.05, 3.63) is 52.3 Å². The summed E-state index contributed by atoms with van der Waals surface area (Å²) < 4.78 is 40.3. The van der Waals surface area contributed by atoms with Crippen LogP contribution in [0.1, 0.15) is 48.5 Å². The third-order valence-corrected chi connectivity index (χ3v) is 8.04. The highest BCUT2D eigenvalue weighted by atomic mass is 35.5. The summed E-state index contributed by atoms with van der Waals surface area (Å²) >= 11 is 6.10. The summed E-state index contributed by atoms with van der Waals surface area (Å²) in [4.78, 5) is 0. The third kappa shape index (κ3) is 4.42. The molecule has 0 spiro atoms. The number of alkyl halides is 1. The van der Waals surface area contributed by atoms with E-state index in [9.17, 15) is 12.8 Å². The zero-order valence-electron chi connectivity index (χ0n) is 16.9. The molecule has 9 heteroatoms. The minimum Gasteiger partial charge on any atom is -0.307 e. The lowest BCUT2D eigenvalue weighted by molar-refractivity contribution is 0.161. The average Bonchev–Trinajstić information content (AvgIpc) is 3.10. The predicted molar refractivity (Wildman–Crippen MR) is 116 cm³/mol. The Balaban J connectivity index is 1.49. The highest BCUT2D eigenvalue weighted by Crippen LogP contribution is 2.53. The molecule has 1 aliphatic carbocycles. The van der Waals surface area contributed by atoms with E-state index in [4.69, 9.17) is 16.7 Å². The van der Waals surface area contributed by atoms with Gasteiger partial charge < -0.3 is 5.32 Å². The van der Waals surface area contributed by atoms with Crippen molar-refractivity contribution >= 4 is 21.6 Å². The summed E-state index contributed by atoms with van der Waals surface area (Å²) in [5.74, 6) is -0.186. The molecule has 6 nitrogen and oxygen atoms in total. The van der Waals surface area contributed by atoms with E-state index in [1.165, 1.54) is 17.5 Å². The highest BCUT2D eigenvalue weighted by molar-refractivity contribution is 7.89. The second-order valence-corrected chi connectivity index (χ2v) is 10.6. The van der Waals surface area contributed by atoms with E-state index in [1.807, 2.05) is 23.0 Å². The summed E-state index contributed by atoms with van der Waals surface area (Å²) in [5.41, 5.74) is 3.60. The molecule has 2 aromatic rings. The van der Waals surface area contributed by atoms with Crippen LogP contribution in [-0.4, -0.2) is 43.7 Å². The van der Waals surface area contributed by atoms with E-state index in [0.717, 1.165) is 36.5 Å². The molecule has 2 N–H and O–H groups in total. The number of aromatic nitrogens is 2. The van der Waals surface area contributed by atoms with Gasteiger partial charge in [-0.3, -0.25) is 9.07 Å². The number of nitrogens with zero attached hydrogens (tertiary/aromatic N) is 2. The lowest BCUT2D eigenvalue weighted by atomic mass is 9.58. The standard InChI is InChI=1S/C21H28ClFN4O2S/c22-18-5-3-17(4-6-18)21(8-1-9-21)20-19-16(7-11-24-20)15-27(26-19)13-12-25-30(28,29)14-2-10-23/h3-6,15,20,24-25H,1-2,7-14H2. The van der Waals surface area contributed by atoms with Crippen LogP contribution in [0.2, 0.25) is 5.02 Å². The second-order valence-electron chi connectivity index (χ2n) is 8.21. The van der Waals surface area contributed by atoms with Crippen molar-refractivity contribution in [3.8, 4) is 0 Å². The molecule has 2 aliphatic rings. The van der Waals surface area contributed by atoms with Crippen LogP contribution in [0.5, 0.6) is 0 Å². The first-order valence-corrected chi connectivity index (χ1v) is 12.6. The Kier molecular flexibility index (Phi) is 6.48. The van der Waals surface area contributed by atoms with E-state index in [2.05, 4.69) is 22.2 Å². The maximum Gasteiger partial charge on any atom is 0.211 e. The molecule has 1 atom stereocenters. The van der Waals surface area contributed by atoms with Crippen LogP contribution in [0, 0.1) is 0 Å². The first-order chi connectivity index (χ1) is 14.4. The maximum absolute atomic E-state index is 12.2. The number of rotatable bonds is 9. The van der Waals surface area contributed by atoms with E-state index in [1.54, 1.807) is 0 Å². The Morgan fingerprint density at radius 1 is 1.30 bits per heavy atom. The van der Waals surface area contributed by atoms with Crippen LogP contribution >= 0.6 is 11.6 Å². The molecule has 1 aromatic carbocycles. The second kappa shape index (κ2) is 8.94. The summed E-state index contributed by atoms with van der Waals surface area (Å²) in [6, 6.07) is 8.29. The molecule has 4 rings (SSSR count). The third-order valence-electron chi connectivity index (χ3n) is 6.31. The molecule has 0 radical (unpaired) electrons. The predicted octanol–water partition coefficient (Wildman–Crippen LogP) is 3.12. The Morgan fingerprint density at radius 3 is 2.73 bits per heavy atom. The van der Waals surface area contributed by atoms with Gasteiger partial charge in [-0.1, -0.05) is 30.2 Å². The van der Waals surface area contributed by atoms with Crippen LogP contribution < -0.4 is 10.0 Å². The van der Waals surface area contributed by atoms with Crippen molar-refractivity contribution in [3.63, 3.8) is 0 Å². The summed E-state index contributed by atoms with van der Waals surface area (Å²) in [6.45, 7) is 0.962. The molecule has 0 amide bonds. The van der Waals surface area contributed by atoms with Crippen LogP contribution in [0.3, 0.4) is 0 Å². The van der Waals surface area contributed by atoms with Crippen molar-refractivity contribution in [1.82, 2.24) is 19.8 Å². The van der Waals surface area contributed by atoms with E-state index >= 15 is 0 Å². The van der Waals surface area contributed by atoms with Crippen LogP contribution in [0.4, 0.5) is 4.39 Å². The van der Waals surface area contributed by atoms with Gasteiger partial charge in [-0.05, 0) is 55.5 Å². The normalized spacial score (nSPS) is 20.5. The molecule has 1 aliphatic heterocycles. The fourth-order valence-electron chi connectivity index (χ4n) is 4.65. The number of halogens is 2. The molecular weight excluding hydrogens is 427 g/mol. The number of hydrogen-bond donors (Lipinski definition) is 2. The van der Waals surface area contributed by atoms with Crippen molar-refractivity contribution in [2.75, 3.05) is 25.5 Å². The van der Waals surface area contributed by atoms with Crippen molar-refractivity contribution in [2.24, 2.45) is 0 Å². The van der Waals surface area contributed by atoms with E-state index < -0.39 is 16.7 Å². The molecule has 1 fully saturated rings. The van der Waals surface area contributed by atoms with Crippen LogP contribution in [0.25, 0.3) is 0 Å². The summed E-state index contributed by atoms with van der Waals surface area (Å²) in [7, 11) is -3.44. The fraction of sp³-hybridized carbons (Fsp3) is 0.571. The van der Waals surface area contributed by atoms with Gasteiger partial charge in [0.25, 0.3) is 0 Å². The van der Waals surface area contributed by atoms with Crippen molar-refractivity contribution in [1.29, 1.82) is 0 Å². The lowest BCUT2D eigenvalue weighted by Gasteiger charge is -2.49. The summed E-state index contributed by atoms with van der Waals surface area (Å²) in [5, 5.41) is 9.27. The molecule has 1 aromatic heterocycles. The number of nitrogens with one attached hydrogen (secondary N) is 2. The first-order valence-electron chi connectivity index (χ1n) is 10.5. The fourth-order valence-corrected chi connectivity index (χ4v) is 5.81. The molecule has 0 bridgehead atoms. The average molecular weight is 455 g/mol. The Morgan fingerprint density at radius 2 is 2.07 bits per heavy atom. The lowest BCUT2D eigenvalue weighted by Crippen LogP contribution is -2.49. The maximum atomic E-state index is 12.2. The molecule has 164 valence electrons. The molecular formula is C21H28ClFN4O2S. The minimum absolute atomic E-state index is 0.0194. The van der Waals surface area contributed by atoms with Gasteiger partial charge in [0, 0.05) is 23.2 Å². The molecule has 2 heterocycles. The molecule has 1 unspecified atom stereocenters. The van der Waals surface area contributed by atoms with Gasteiger partial charge >= 0.3 is 0 Å². The molecule has 30 heavy (non-hydrogen) atoms. The quantitative estimate of drug-likeness (QED) is 0.610. The zero-order valence-corrected chi connectivity index (χ0v) is 18.5. The number of benzene rings is 1. The van der Waals surface area contributed by atoms with Gasteiger partial charge in [0.05, 0.1) is 30.7 Å². The van der Waals surface area contributed by atoms with Crippen molar-refractivity contribution < 1.29 is 12.8 Å². The van der Waals surface area contributed by atoms with Gasteiger partial charge in [0.1, 0.15) is 0 Å². The van der Waals surface area contributed by atoms with Gasteiger partial charge in [0.15, 0.2) is 0 Å². The van der Waals surface area contributed by atoms with Crippen LogP contribution in [-0.2, 0) is 28.4 Å². The zero-order chi connectivity index (χ0) is 21.2. The van der Waals surface area contributed by atoms with Gasteiger partial charge in [-0.15, -0.1) is 0 Å². The van der Waals surface area contributed by atoms with Gasteiger partial charge in [-0.2, -0.15) is 5.10 Å². The first kappa shape index (κ1) is 21.7. The monoisotopic (exact) mass is 454 g/mol.